The summed E-state index contributed by atoms with van der Waals surface area (Å²) in [5.74, 6) is 0. The third-order valence-electron chi connectivity index (χ3n) is 7.03. The van der Waals surface area contributed by atoms with Crippen LogP contribution in [0.3, 0.4) is 0 Å². The molecular weight excluding hydrogens is 390 g/mol. The van der Waals surface area contributed by atoms with Crippen molar-refractivity contribution < 1.29 is 0 Å². The Morgan fingerprint density at radius 1 is 0.594 bits per heavy atom. The number of fused-ring (bicyclic) bond motifs is 6. The van der Waals surface area contributed by atoms with Gasteiger partial charge in [-0.1, -0.05) is 78.9 Å². The van der Waals surface area contributed by atoms with Crippen LogP contribution in [-0.4, -0.2) is 16.0 Å². The van der Waals surface area contributed by atoms with Gasteiger partial charge in [0.15, 0.2) is 0 Å². The zero-order chi connectivity index (χ0) is 21.2. The van der Waals surface area contributed by atoms with E-state index in [1.165, 1.54) is 55.2 Å². The van der Waals surface area contributed by atoms with Gasteiger partial charge in [0.1, 0.15) is 0 Å². The van der Waals surface area contributed by atoms with Crippen molar-refractivity contribution in [3.63, 3.8) is 0 Å². The second-order valence-electron chi connectivity index (χ2n) is 8.71. The van der Waals surface area contributed by atoms with E-state index < -0.39 is 0 Å². The van der Waals surface area contributed by atoms with Gasteiger partial charge in [-0.3, -0.25) is 0 Å². The van der Waals surface area contributed by atoms with Gasteiger partial charge >= 0.3 is 0 Å². The molecule has 2 heterocycles. The Labute approximate surface area is 186 Å². The minimum absolute atomic E-state index is 0.757. The summed E-state index contributed by atoms with van der Waals surface area (Å²) < 4.78 is 2.29. The third kappa shape index (κ3) is 2.36. The lowest BCUT2D eigenvalue weighted by Gasteiger charge is -2.09. The van der Waals surface area contributed by atoms with E-state index in [4.69, 9.17) is 5.10 Å². The Morgan fingerprint density at radius 2 is 1.25 bits per heavy atom. The van der Waals surface area contributed by atoms with Crippen LogP contribution in [0.2, 0.25) is 0 Å². The molecule has 2 aliphatic rings. The smallest absolute Gasteiger partial charge is 0.0784 e. The van der Waals surface area contributed by atoms with E-state index in [0.717, 1.165) is 24.3 Å². The molecule has 32 heavy (non-hydrogen) atoms. The molecule has 1 aliphatic heterocycles. The zero-order valence-corrected chi connectivity index (χ0v) is 17.8. The van der Waals surface area contributed by atoms with Crippen molar-refractivity contribution in [2.75, 3.05) is 0 Å². The quantitative estimate of drug-likeness (QED) is 0.311. The molecule has 3 heteroatoms. The highest BCUT2D eigenvalue weighted by atomic mass is 15.2. The molecule has 1 aromatic heterocycles. The van der Waals surface area contributed by atoms with E-state index in [1.807, 2.05) is 0 Å². The van der Waals surface area contributed by atoms with Crippen LogP contribution < -0.4 is 0 Å². The highest BCUT2D eigenvalue weighted by molar-refractivity contribution is 6.25. The van der Waals surface area contributed by atoms with Gasteiger partial charge in [-0.2, -0.15) is 10.2 Å². The largest absolute Gasteiger partial charge is 0.343 e. The SMILES string of the molecule is Cn1c2ccccc2c2cccc(C3=NN=C(c4cccc5c4Cc4ccccc4-5)C3)c21. The predicted octanol–water partition coefficient (Wildman–Crippen LogP) is 6.50. The molecule has 0 saturated heterocycles. The number of aryl methyl sites for hydroxylation is 1. The summed E-state index contributed by atoms with van der Waals surface area (Å²) in [5, 5.41) is 11.9. The van der Waals surface area contributed by atoms with Crippen LogP contribution in [0.4, 0.5) is 0 Å². The van der Waals surface area contributed by atoms with Crippen LogP contribution in [0.1, 0.15) is 28.7 Å². The Morgan fingerprint density at radius 3 is 2.19 bits per heavy atom. The third-order valence-corrected chi connectivity index (χ3v) is 7.03. The molecule has 0 fully saturated rings. The van der Waals surface area contributed by atoms with Crippen LogP contribution in [0.5, 0.6) is 0 Å². The number of hydrogen-bond acceptors (Lipinski definition) is 2. The maximum atomic E-state index is 4.69. The zero-order valence-electron chi connectivity index (χ0n) is 17.8. The van der Waals surface area contributed by atoms with Crippen molar-refractivity contribution in [2.24, 2.45) is 17.3 Å². The molecule has 3 nitrogen and oxygen atoms in total. The van der Waals surface area contributed by atoms with E-state index in [-0.39, 0.29) is 0 Å². The molecule has 7 rings (SSSR count). The average Bonchev–Trinajstić information content (AvgIpc) is 3.54. The average molecular weight is 412 g/mol. The molecule has 0 atom stereocenters. The number of hydrogen-bond donors (Lipinski definition) is 0. The highest BCUT2D eigenvalue weighted by Gasteiger charge is 2.26. The second kappa shape index (κ2) is 6.51. The number of benzene rings is 4. The van der Waals surface area contributed by atoms with Crippen LogP contribution in [0.25, 0.3) is 32.9 Å². The number of para-hydroxylation sites is 2. The molecule has 0 saturated carbocycles. The van der Waals surface area contributed by atoms with E-state index in [0.29, 0.717) is 0 Å². The van der Waals surface area contributed by atoms with Crippen molar-refractivity contribution >= 4 is 33.2 Å². The highest BCUT2D eigenvalue weighted by Crippen LogP contribution is 2.39. The fourth-order valence-corrected chi connectivity index (χ4v) is 5.55. The molecular formula is C29H21N3. The van der Waals surface area contributed by atoms with E-state index in [9.17, 15) is 0 Å². The molecule has 4 aromatic carbocycles. The van der Waals surface area contributed by atoms with E-state index in [1.54, 1.807) is 0 Å². The summed E-state index contributed by atoms with van der Waals surface area (Å²) in [5.41, 5.74) is 12.5. The maximum Gasteiger partial charge on any atom is 0.0784 e. The lowest BCUT2D eigenvalue weighted by atomic mass is 9.94. The van der Waals surface area contributed by atoms with E-state index >= 15 is 0 Å². The van der Waals surface area contributed by atoms with Gasteiger partial charge in [0.25, 0.3) is 0 Å². The lowest BCUT2D eigenvalue weighted by Crippen LogP contribution is -2.09. The summed E-state index contributed by atoms with van der Waals surface area (Å²) in [6.07, 6.45) is 1.72. The maximum absolute atomic E-state index is 4.69. The van der Waals surface area contributed by atoms with Crippen molar-refractivity contribution in [2.45, 2.75) is 12.8 Å². The second-order valence-corrected chi connectivity index (χ2v) is 8.71. The van der Waals surface area contributed by atoms with Crippen molar-refractivity contribution in [1.82, 2.24) is 4.57 Å². The minimum atomic E-state index is 0.757. The molecule has 0 amide bonds. The number of aromatic nitrogens is 1. The summed E-state index contributed by atoms with van der Waals surface area (Å²) in [6.45, 7) is 0. The number of nitrogens with zero attached hydrogens (tertiary/aromatic N) is 3. The number of rotatable bonds is 2. The Balaban J connectivity index is 1.30. The topological polar surface area (TPSA) is 29.6 Å². The van der Waals surface area contributed by atoms with Gasteiger partial charge in [-0.15, -0.1) is 0 Å². The molecule has 0 unspecified atom stereocenters. The summed E-state index contributed by atoms with van der Waals surface area (Å²) in [7, 11) is 2.15. The Hall–Kier alpha value is -3.98. The van der Waals surface area contributed by atoms with Gasteiger partial charge in [-0.05, 0) is 34.7 Å². The van der Waals surface area contributed by atoms with Crippen LogP contribution in [0.15, 0.2) is 95.1 Å². The normalized spacial score (nSPS) is 14.5. The summed E-state index contributed by atoms with van der Waals surface area (Å²) in [6, 6.07) is 30.4. The van der Waals surface area contributed by atoms with Crippen LogP contribution in [-0.2, 0) is 13.5 Å². The Kier molecular flexibility index (Phi) is 3.59. The molecule has 152 valence electrons. The molecule has 0 radical (unpaired) electrons. The first-order valence-electron chi connectivity index (χ1n) is 11.1. The van der Waals surface area contributed by atoms with Gasteiger partial charge in [0.2, 0.25) is 0 Å². The molecule has 0 spiro atoms. The molecule has 0 bridgehead atoms. The molecule has 1 aliphatic carbocycles. The Bertz CT molecular complexity index is 1630. The predicted molar refractivity (Wildman–Crippen MR) is 133 cm³/mol. The minimum Gasteiger partial charge on any atom is -0.343 e. The fourth-order valence-electron chi connectivity index (χ4n) is 5.55. The fraction of sp³-hybridized carbons (Fsp3) is 0.103. The van der Waals surface area contributed by atoms with Gasteiger partial charge in [0.05, 0.1) is 16.9 Å². The first-order chi connectivity index (χ1) is 15.8. The lowest BCUT2D eigenvalue weighted by molar-refractivity contribution is 1.01. The van der Waals surface area contributed by atoms with Gasteiger partial charge in [-0.25, -0.2) is 0 Å². The summed E-state index contributed by atoms with van der Waals surface area (Å²) >= 11 is 0. The first-order valence-corrected chi connectivity index (χ1v) is 11.1. The van der Waals surface area contributed by atoms with Gasteiger partial charge < -0.3 is 4.57 Å². The van der Waals surface area contributed by atoms with Crippen LogP contribution in [0, 0.1) is 0 Å². The standard InChI is InChI=1S/C29H21N3/c1-32-28-15-5-4-10-22(28)23-13-7-14-24(29(23)32)27-17-26(30-31-27)21-12-6-11-20-19-9-3-2-8-18(19)16-25(20)21/h2-15H,16-17H2,1H3. The monoisotopic (exact) mass is 411 g/mol. The molecule has 0 N–H and O–H groups in total. The van der Waals surface area contributed by atoms with Crippen molar-refractivity contribution in [3.8, 4) is 11.1 Å². The van der Waals surface area contributed by atoms with Gasteiger partial charge in [0, 0.05) is 40.9 Å². The van der Waals surface area contributed by atoms with Crippen molar-refractivity contribution in [1.29, 1.82) is 0 Å². The van der Waals surface area contributed by atoms with Crippen LogP contribution >= 0.6 is 0 Å². The van der Waals surface area contributed by atoms with E-state index in [2.05, 4.69) is 102 Å². The molecule has 5 aromatic rings. The first kappa shape index (κ1) is 17.7. The summed E-state index contributed by atoms with van der Waals surface area (Å²) in [4.78, 5) is 0. The van der Waals surface area contributed by atoms with Crippen molar-refractivity contribution in [3.05, 3.63) is 107 Å².